The number of non-ortho nitro benzene ring substituents is 2. The number of carbonyl (C=O) groups is 1. The Kier molecular flexibility index (Phi) is 6.78. The smallest absolute Gasteiger partial charge is 0.304 e. The van der Waals surface area contributed by atoms with E-state index in [-0.39, 0.29) is 32.5 Å². The third-order valence-electron chi connectivity index (χ3n) is 4.35. The molecule has 34 heavy (non-hydrogen) atoms. The van der Waals surface area contributed by atoms with Gasteiger partial charge in [-0.3, -0.25) is 40.1 Å². The number of hydrogen-bond acceptors (Lipinski definition) is 11. The van der Waals surface area contributed by atoms with Crippen LogP contribution < -0.4 is 11.2 Å². The Labute approximate surface area is 197 Å². The molecular weight excluding hydrogens is 499 g/mol. The van der Waals surface area contributed by atoms with Crippen LogP contribution in [-0.2, 0) is 4.79 Å². The minimum atomic E-state index is -2.03. The summed E-state index contributed by atoms with van der Waals surface area (Å²) in [5.74, 6) is 4.04. The molecule has 3 aromatic rings. The lowest BCUT2D eigenvalue weighted by Gasteiger charge is -2.13. The highest BCUT2D eigenvalue weighted by Crippen LogP contribution is 2.35. The Morgan fingerprint density at radius 3 is 2.15 bits per heavy atom. The molecule has 1 heterocycles. The molecule has 0 aliphatic carbocycles. The number of nitro benzene ring substituents is 2. The van der Waals surface area contributed by atoms with Gasteiger partial charge in [-0.2, -0.15) is 5.10 Å². The van der Waals surface area contributed by atoms with Gasteiger partial charge in [0.25, 0.3) is 17.3 Å². The topological polar surface area (TPSA) is 223 Å². The lowest BCUT2D eigenvalue weighted by molar-refractivity contribution is -0.509. The largest absolute Gasteiger partial charge is 0.323 e. The zero-order valence-electron chi connectivity index (χ0n) is 16.4. The molecule has 1 aromatic heterocycles. The lowest BCUT2D eigenvalue weighted by atomic mass is 10.1. The van der Waals surface area contributed by atoms with Crippen molar-refractivity contribution in [2.45, 2.75) is 6.04 Å². The SMILES string of the molecule is N/N=C(\C(=O)Nc1c(Cl)cc([N+](=O)[O-])cc1Cl)[C@H](c1cnc2ccc([N+](=O)[O-])cc2n1)[N+](=O)[O-]. The standard InChI is InChI=1S/C17H10Cl2N8O7/c18-9-3-8(26(31)32)4-10(19)14(9)23-17(28)15(24-20)16(27(33)34)13-6-21-11-2-1-7(25(29)30)5-12(11)22-13/h1-6,16H,20H2,(H,23,28)/b24-15-/t16-/m0/s1. The van der Waals surface area contributed by atoms with Gasteiger partial charge in [-0.25, -0.2) is 4.98 Å². The average molecular weight is 509 g/mol. The number of hydrogen-bond donors (Lipinski definition) is 2. The van der Waals surface area contributed by atoms with Crippen LogP contribution in [0.2, 0.25) is 10.0 Å². The Bertz CT molecular complexity index is 1370. The van der Waals surface area contributed by atoms with E-state index in [0.717, 1.165) is 24.4 Å². The Morgan fingerprint density at radius 2 is 1.62 bits per heavy atom. The number of nitrogens with two attached hydrogens (primary N) is 1. The summed E-state index contributed by atoms with van der Waals surface area (Å²) in [4.78, 5) is 52.1. The molecule has 0 unspecified atom stereocenters. The van der Waals surface area contributed by atoms with Crippen LogP contribution in [0.3, 0.4) is 0 Å². The quantitative estimate of drug-likeness (QED) is 0.205. The van der Waals surface area contributed by atoms with Gasteiger partial charge in [-0.05, 0) is 6.07 Å². The molecule has 3 rings (SSSR count). The summed E-state index contributed by atoms with van der Waals surface area (Å²) < 4.78 is 0. The van der Waals surface area contributed by atoms with E-state index in [9.17, 15) is 35.1 Å². The highest BCUT2D eigenvalue weighted by Gasteiger charge is 2.37. The molecule has 0 saturated heterocycles. The van der Waals surface area contributed by atoms with Crippen molar-refractivity contribution >= 4 is 62.9 Å². The van der Waals surface area contributed by atoms with Crippen LogP contribution in [0.4, 0.5) is 17.1 Å². The number of nitrogens with one attached hydrogen (secondary N) is 1. The fraction of sp³-hybridized carbons (Fsp3) is 0.0588. The molecule has 1 amide bonds. The molecule has 0 aliphatic heterocycles. The number of fused-ring (bicyclic) bond motifs is 1. The monoisotopic (exact) mass is 508 g/mol. The first kappa shape index (κ1) is 24.1. The molecule has 0 aliphatic rings. The Morgan fingerprint density at radius 1 is 1.00 bits per heavy atom. The van der Waals surface area contributed by atoms with Gasteiger partial charge in [0, 0.05) is 29.2 Å². The van der Waals surface area contributed by atoms with Crippen molar-refractivity contribution in [1.82, 2.24) is 9.97 Å². The van der Waals surface area contributed by atoms with Crippen LogP contribution in [0.5, 0.6) is 0 Å². The van der Waals surface area contributed by atoms with Crippen LogP contribution in [-0.4, -0.2) is 36.4 Å². The second kappa shape index (κ2) is 9.55. The fourth-order valence-electron chi connectivity index (χ4n) is 2.82. The summed E-state index contributed by atoms with van der Waals surface area (Å²) in [6, 6.07) is 3.33. The van der Waals surface area contributed by atoms with Crippen molar-refractivity contribution in [2.75, 3.05) is 5.32 Å². The third kappa shape index (κ3) is 4.79. The minimum absolute atomic E-state index is 0.0446. The van der Waals surface area contributed by atoms with E-state index in [4.69, 9.17) is 29.0 Å². The number of carbonyl (C=O) groups excluding carboxylic acids is 1. The summed E-state index contributed by atoms with van der Waals surface area (Å²) in [6.07, 6.45) is 0.992. The van der Waals surface area contributed by atoms with E-state index in [0.29, 0.717) is 0 Å². The number of hydrazone groups is 1. The third-order valence-corrected chi connectivity index (χ3v) is 4.95. The molecule has 0 fully saturated rings. The number of benzene rings is 2. The van der Waals surface area contributed by atoms with Crippen molar-refractivity contribution in [3.05, 3.63) is 82.6 Å². The molecule has 0 saturated carbocycles. The first-order valence-electron chi connectivity index (χ1n) is 8.80. The van der Waals surface area contributed by atoms with E-state index in [1.807, 2.05) is 0 Å². The summed E-state index contributed by atoms with van der Waals surface area (Å²) in [7, 11) is 0. The van der Waals surface area contributed by atoms with Gasteiger partial charge in [-0.1, -0.05) is 23.2 Å². The summed E-state index contributed by atoms with van der Waals surface area (Å²) in [6.45, 7) is 0. The molecule has 2 aromatic carbocycles. The highest BCUT2D eigenvalue weighted by molar-refractivity contribution is 6.47. The normalized spacial score (nSPS) is 12.2. The first-order valence-corrected chi connectivity index (χ1v) is 9.56. The molecule has 1 atom stereocenters. The molecule has 17 heteroatoms. The Hall–Kier alpha value is -4.50. The van der Waals surface area contributed by atoms with E-state index in [1.54, 1.807) is 0 Å². The van der Waals surface area contributed by atoms with E-state index in [2.05, 4.69) is 20.4 Å². The number of aromatic nitrogens is 2. The predicted molar refractivity (Wildman–Crippen MR) is 119 cm³/mol. The summed E-state index contributed by atoms with van der Waals surface area (Å²) in [5, 5.41) is 38.5. The van der Waals surface area contributed by atoms with Crippen LogP contribution in [0, 0.1) is 30.3 Å². The van der Waals surface area contributed by atoms with Gasteiger partial charge < -0.3 is 11.2 Å². The first-order chi connectivity index (χ1) is 16.0. The number of rotatable bonds is 7. The maximum atomic E-state index is 12.8. The maximum absolute atomic E-state index is 12.8. The number of halogens is 2. The van der Waals surface area contributed by atoms with Crippen molar-refractivity contribution in [1.29, 1.82) is 0 Å². The van der Waals surface area contributed by atoms with Crippen LogP contribution in [0.15, 0.2) is 41.6 Å². The van der Waals surface area contributed by atoms with Gasteiger partial charge in [0.15, 0.2) is 0 Å². The number of anilines is 1. The zero-order valence-corrected chi connectivity index (χ0v) is 17.9. The van der Waals surface area contributed by atoms with E-state index < -0.39 is 43.8 Å². The van der Waals surface area contributed by atoms with E-state index in [1.165, 1.54) is 12.1 Å². The fourth-order valence-corrected chi connectivity index (χ4v) is 3.39. The van der Waals surface area contributed by atoms with Crippen LogP contribution in [0.25, 0.3) is 11.0 Å². The highest BCUT2D eigenvalue weighted by atomic mass is 35.5. The van der Waals surface area contributed by atoms with Crippen molar-refractivity contribution < 1.29 is 19.6 Å². The molecule has 0 spiro atoms. The molecule has 174 valence electrons. The molecule has 0 bridgehead atoms. The van der Waals surface area contributed by atoms with Crippen LogP contribution >= 0.6 is 23.2 Å². The number of amides is 1. The average Bonchev–Trinajstić information content (AvgIpc) is 2.78. The molecular formula is C17H10Cl2N8O7. The van der Waals surface area contributed by atoms with E-state index >= 15 is 0 Å². The zero-order chi connectivity index (χ0) is 25.2. The molecule has 3 N–H and O–H groups in total. The number of nitro groups is 3. The van der Waals surface area contributed by atoms with Crippen molar-refractivity contribution in [2.24, 2.45) is 10.9 Å². The maximum Gasteiger partial charge on any atom is 0.304 e. The van der Waals surface area contributed by atoms with Crippen molar-refractivity contribution in [3.8, 4) is 0 Å². The molecule has 15 nitrogen and oxygen atoms in total. The Balaban J connectivity index is 2.01. The van der Waals surface area contributed by atoms with Gasteiger partial charge in [-0.15, -0.1) is 0 Å². The predicted octanol–water partition coefficient (Wildman–Crippen LogP) is 3.02. The van der Waals surface area contributed by atoms with Crippen LogP contribution in [0.1, 0.15) is 11.7 Å². The van der Waals surface area contributed by atoms with Gasteiger partial charge >= 0.3 is 6.04 Å². The number of nitrogens with zero attached hydrogens (tertiary/aromatic N) is 6. The second-order valence-electron chi connectivity index (χ2n) is 6.42. The minimum Gasteiger partial charge on any atom is -0.323 e. The summed E-state index contributed by atoms with van der Waals surface area (Å²) >= 11 is 11.9. The molecule has 0 radical (unpaired) electrons. The summed E-state index contributed by atoms with van der Waals surface area (Å²) in [5.41, 5.74) is -2.13. The van der Waals surface area contributed by atoms with Gasteiger partial charge in [0.2, 0.25) is 5.71 Å². The van der Waals surface area contributed by atoms with Crippen molar-refractivity contribution in [3.63, 3.8) is 0 Å². The lowest BCUT2D eigenvalue weighted by Crippen LogP contribution is -2.34. The van der Waals surface area contributed by atoms with Gasteiger partial charge in [0.05, 0.1) is 42.8 Å². The second-order valence-corrected chi connectivity index (χ2v) is 7.24. The van der Waals surface area contributed by atoms with Gasteiger partial charge in [0.1, 0.15) is 5.69 Å².